The zero-order valence-corrected chi connectivity index (χ0v) is 14.3. The van der Waals surface area contributed by atoms with Crippen LogP contribution in [0.2, 0.25) is 0 Å². The van der Waals surface area contributed by atoms with Gasteiger partial charge in [0.2, 0.25) is 0 Å². The van der Waals surface area contributed by atoms with Crippen molar-refractivity contribution in [2.75, 3.05) is 25.0 Å². The molecule has 128 valence electrons. The van der Waals surface area contributed by atoms with Gasteiger partial charge >= 0.3 is 0 Å². The van der Waals surface area contributed by atoms with Crippen molar-refractivity contribution in [1.82, 2.24) is 15.3 Å². The lowest BCUT2D eigenvalue weighted by atomic mass is 9.98. The van der Waals surface area contributed by atoms with E-state index < -0.39 is 0 Å². The number of aromatic nitrogens is 2. The number of anilines is 1. The summed E-state index contributed by atoms with van der Waals surface area (Å²) in [5, 5.41) is 6.82. The molecule has 0 saturated carbocycles. The average molecular weight is 328 g/mol. The van der Waals surface area contributed by atoms with Crippen molar-refractivity contribution >= 4 is 5.82 Å². The molecule has 0 spiro atoms. The van der Waals surface area contributed by atoms with Gasteiger partial charge in [-0.05, 0) is 49.9 Å². The normalized spacial score (nSPS) is 15.7. The monoisotopic (exact) mass is 328 g/mol. The molecular formula is C19H25FN4. The Balaban J connectivity index is 1.84. The van der Waals surface area contributed by atoms with Gasteiger partial charge in [-0.25, -0.2) is 14.4 Å². The molecular weight excluding hydrogens is 303 g/mol. The molecule has 1 aliphatic heterocycles. The smallest absolute Gasteiger partial charge is 0.164 e. The van der Waals surface area contributed by atoms with Gasteiger partial charge in [0.25, 0.3) is 0 Å². The third-order valence-electron chi connectivity index (χ3n) is 4.48. The molecule has 5 heteroatoms. The lowest BCUT2D eigenvalue weighted by Crippen LogP contribution is -2.31. The van der Waals surface area contributed by atoms with Crippen molar-refractivity contribution in [1.29, 1.82) is 0 Å². The molecule has 0 atom stereocenters. The molecule has 1 aromatic carbocycles. The molecule has 1 fully saturated rings. The number of nitrogens with one attached hydrogen (secondary N) is 2. The predicted octanol–water partition coefficient (Wildman–Crippen LogP) is 3.82. The van der Waals surface area contributed by atoms with Crippen molar-refractivity contribution in [2.24, 2.45) is 5.92 Å². The minimum atomic E-state index is -0.289. The molecule has 0 aliphatic carbocycles. The number of halogens is 1. The van der Waals surface area contributed by atoms with E-state index in [1.807, 2.05) is 12.1 Å². The lowest BCUT2D eigenvalue weighted by molar-refractivity contribution is 0.389. The second-order valence-electron chi connectivity index (χ2n) is 6.71. The molecule has 0 unspecified atom stereocenters. The van der Waals surface area contributed by atoms with E-state index in [-0.39, 0.29) is 11.7 Å². The van der Waals surface area contributed by atoms with Gasteiger partial charge in [-0.3, -0.25) is 0 Å². The van der Waals surface area contributed by atoms with Crippen LogP contribution in [0.5, 0.6) is 0 Å². The van der Waals surface area contributed by atoms with Crippen molar-refractivity contribution in [3.05, 3.63) is 41.8 Å². The van der Waals surface area contributed by atoms with Crippen LogP contribution < -0.4 is 10.6 Å². The number of nitrogens with zero attached hydrogens (tertiary/aromatic N) is 2. The Morgan fingerprint density at radius 1 is 1.21 bits per heavy atom. The fourth-order valence-corrected chi connectivity index (χ4v) is 2.95. The molecule has 0 amide bonds. The molecule has 3 rings (SSSR count). The molecule has 0 bridgehead atoms. The highest BCUT2D eigenvalue weighted by Crippen LogP contribution is 2.24. The summed E-state index contributed by atoms with van der Waals surface area (Å²) < 4.78 is 14.1. The van der Waals surface area contributed by atoms with Gasteiger partial charge in [0.1, 0.15) is 11.6 Å². The maximum Gasteiger partial charge on any atom is 0.164 e. The third kappa shape index (κ3) is 4.09. The number of hydrogen-bond donors (Lipinski definition) is 2. The molecule has 2 N–H and O–H groups in total. The van der Waals surface area contributed by atoms with Gasteiger partial charge in [-0.2, -0.15) is 0 Å². The SMILES string of the molecule is CC(C)c1cc(NCC2CCNCC2)nc(-c2ccccc2F)n1. The maximum absolute atomic E-state index is 14.1. The lowest BCUT2D eigenvalue weighted by Gasteiger charge is -2.23. The molecule has 1 aromatic heterocycles. The van der Waals surface area contributed by atoms with Crippen LogP contribution in [0.25, 0.3) is 11.4 Å². The fourth-order valence-electron chi connectivity index (χ4n) is 2.95. The quantitative estimate of drug-likeness (QED) is 0.876. The Labute approximate surface area is 142 Å². The van der Waals surface area contributed by atoms with Gasteiger partial charge in [-0.1, -0.05) is 26.0 Å². The second-order valence-corrected chi connectivity index (χ2v) is 6.71. The first-order valence-corrected chi connectivity index (χ1v) is 8.72. The van der Waals surface area contributed by atoms with E-state index in [9.17, 15) is 4.39 Å². The summed E-state index contributed by atoms with van der Waals surface area (Å²) in [4.78, 5) is 9.11. The van der Waals surface area contributed by atoms with Crippen LogP contribution in [0.4, 0.5) is 10.2 Å². The van der Waals surface area contributed by atoms with E-state index in [1.54, 1.807) is 12.1 Å². The highest BCUT2D eigenvalue weighted by atomic mass is 19.1. The largest absolute Gasteiger partial charge is 0.370 e. The zero-order chi connectivity index (χ0) is 16.9. The fraction of sp³-hybridized carbons (Fsp3) is 0.474. The Hall–Kier alpha value is -2.01. The summed E-state index contributed by atoms with van der Waals surface area (Å²) in [7, 11) is 0. The zero-order valence-electron chi connectivity index (χ0n) is 14.3. The standard InChI is InChI=1S/C19H25FN4/c1-13(2)17-11-18(22-12-14-7-9-21-10-8-14)24-19(23-17)15-5-3-4-6-16(15)20/h3-6,11,13-14,21H,7-10,12H2,1-2H3,(H,22,23,24). The van der Waals surface area contributed by atoms with Gasteiger partial charge in [0, 0.05) is 18.3 Å². The first-order chi connectivity index (χ1) is 11.6. The van der Waals surface area contributed by atoms with Crippen molar-refractivity contribution in [3.8, 4) is 11.4 Å². The van der Waals surface area contributed by atoms with Gasteiger partial charge < -0.3 is 10.6 Å². The van der Waals surface area contributed by atoms with Crippen LogP contribution in [-0.4, -0.2) is 29.6 Å². The van der Waals surface area contributed by atoms with Crippen LogP contribution in [0.3, 0.4) is 0 Å². The van der Waals surface area contributed by atoms with Gasteiger partial charge in [0.05, 0.1) is 5.56 Å². The van der Waals surface area contributed by atoms with Crippen LogP contribution in [0.15, 0.2) is 30.3 Å². The summed E-state index contributed by atoms with van der Waals surface area (Å²) in [6, 6.07) is 8.65. The summed E-state index contributed by atoms with van der Waals surface area (Å²) in [5.41, 5.74) is 1.38. The topological polar surface area (TPSA) is 49.8 Å². The van der Waals surface area contributed by atoms with E-state index in [4.69, 9.17) is 0 Å². The van der Waals surface area contributed by atoms with Crippen molar-refractivity contribution in [2.45, 2.75) is 32.6 Å². The van der Waals surface area contributed by atoms with Crippen LogP contribution in [0, 0.1) is 11.7 Å². The number of rotatable bonds is 5. The summed E-state index contributed by atoms with van der Waals surface area (Å²) in [6.45, 7) is 7.22. The highest BCUT2D eigenvalue weighted by molar-refractivity contribution is 5.58. The Morgan fingerprint density at radius 3 is 2.67 bits per heavy atom. The molecule has 24 heavy (non-hydrogen) atoms. The number of piperidine rings is 1. The molecule has 4 nitrogen and oxygen atoms in total. The Morgan fingerprint density at radius 2 is 1.96 bits per heavy atom. The number of hydrogen-bond acceptors (Lipinski definition) is 4. The molecule has 0 radical (unpaired) electrons. The van der Waals surface area contributed by atoms with Crippen LogP contribution in [0.1, 0.15) is 38.3 Å². The molecule has 2 heterocycles. The van der Waals surface area contributed by atoms with E-state index in [2.05, 4.69) is 34.4 Å². The van der Waals surface area contributed by atoms with E-state index >= 15 is 0 Å². The minimum Gasteiger partial charge on any atom is -0.370 e. The molecule has 1 aliphatic rings. The van der Waals surface area contributed by atoms with Crippen LogP contribution >= 0.6 is 0 Å². The summed E-state index contributed by atoms with van der Waals surface area (Å²) >= 11 is 0. The summed E-state index contributed by atoms with van der Waals surface area (Å²) in [6.07, 6.45) is 2.35. The van der Waals surface area contributed by atoms with E-state index in [1.165, 1.54) is 18.9 Å². The highest BCUT2D eigenvalue weighted by Gasteiger charge is 2.15. The Kier molecular flexibility index (Phi) is 5.41. The van der Waals surface area contributed by atoms with E-state index in [0.717, 1.165) is 31.1 Å². The summed E-state index contributed by atoms with van der Waals surface area (Å²) in [5.74, 6) is 1.86. The van der Waals surface area contributed by atoms with Crippen molar-refractivity contribution < 1.29 is 4.39 Å². The van der Waals surface area contributed by atoms with E-state index in [0.29, 0.717) is 17.3 Å². The third-order valence-corrected chi connectivity index (χ3v) is 4.48. The van der Waals surface area contributed by atoms with Gasteiger partial charge in [-0.15, -0.1) is 0 Å². The molecule has 2 aromatic rings. The van der Waals surface area contributed by atoms with Crippen molar-refractivity contribution in [3.63, 3.8) is 0 Å². The predicted molar refractivity (Wildman–Crippen MR) is 95.6 cm³/mol. The molecule has 1 saturated heterocycles. The van der Waals surface area contributed by atoms with Crippen LogP contribution in [-0.2, 0) is 0 Å². The average Bonchev–Trinajstić information content (AvgIpc) is 2.61. The number of benzene rings is 1. The minimum absolute atomic E-state index is 0.262. The first-order valence-electron chi connectivity index (χ1n) is 8.72. The Bertz CT molecular complexity index is 681. The maximum atomic E-state index is 14.1. The first kappa shape index (κ1) is 16.8. The second kappa shape index (κ2) is 7.71. The van der Waals surface area contributed by atoms with Gasteiger partial charge in [0.15, 0.2) is 5.82 Å².